The molecule has 2 amide bonds. The normalized spacial score (nSPS) is 21.6. The molecule has 1 saturated carbocycles. The van der Waals surface area contributed by atoms with Crippen molar-refractivity contribution < 1.29 is 9.59 Å². The molecule has 2 fully saturated rings. The van der Waals surface area contributed by atoms with E-state index in [9.17, 15) is 9.59 Å². The minimum absolute atomic E-state index is 0. The number of benzene rings is 1. The quantitative estimate of drug-likeness (QED) is 0.875. The monoisotopic (exact) mass is 351 g/mol. The van der Waals surface area contributed by atoms with E-state index in [4.69, 9.17) is 5.73 Å². The first kappa shape index (κ1) is 18.7. The van der Waals surface area contributed by atoms with Crippen LogP contribution in [-0.2, 0) is 4.79 Å². The Bertz CT molecular complexity index is 602. The minimum Gasteiger partial charge on any atom is -0.338 e. The van der Waals surface area contributed by atoms with Gasteiger partial charge in [-0.1, -0.05) is 6.07 Å². The molecule has 132 valence electrons. The molecule has 2 unspecified atom stereocenters. The Morgan fingerprint density at radius 1 is 1.29 bits per heavy atom. The maximum absolute atomic E-state index is 12.7. The Labute approximate surface area is 149 Å². The molecule has 5 nitrogen and oxygen atoms in total. The number of amides is 2. The molecule has 1 heterocycles. The van der Waals surface area contributed by atoms with Gasteiger partial charge in [0.15, 0.2) is 0 Å². The number of anilines is 1. The Balaban J connectivity index is 0.00000208. The largest absolute Gasteiger partial charge is 0.338 e. The van der Waals surface area contributed by atoms with Crippen LogP contribution in [0.5, 0.6) is 0 Å². The zero-order valence-corrected chi connectivity index (χ0v) is 14.8. The molecular formula is C18H26ClN3O2. The van der Waals surface area contributed by atoms with Crippen molar-refractivity contribution in [3.8, 4) is 0 Å². The third kappa shape index (κ3) is 4.48. The van der Waals surface area contributed by atoms with Crippen LogP contribution in [0.2, 0.25) is 0 Å². The number of hydrogen-bond acceptors (Lipinski definition) is 3. The van der Waals surface area contributed by atoms with E-state index in [1.54, 1.807) is 6.07 Å². The third-order valence-electron chi connectivity index (χ3n) is 4.81. The summed E-state index contributed by atoms with van der Waals surface area (Å²) >= 11 is 0. The average Bonchev–Trinajstić information content (AvgIpc) is 3.39. The average molecular weight is 352 g/mol. The molecule has 1 aromatic rings. The number of likely N-dealkylation sites (tertiary alicyclic amines) is 1. The molecule has 1 aliphatic carbocycles. The fourth-order valence-electron chi connectivity index (χ4n) is 3.13. The van der Waals surface area contributed by atoms with E-state index in [1.807, 2.05) is 30.0 Å². The van der Waals surface area contributed by atoms with Crippen LogP contribution in [0.1, 0.15) is 43.0 Å². The summed E-state index contributed by atoms with van der Waals surface area (Å²) in [7, 11) is 0. The fourth-order valence-corrected chi connectivity index (χ4v) is 3.13. The predicted octanol–water partition coefficient (Wildman–Crippen LogP) is 2.66. The van der Waals surface area contributed by atoms with Gasteiger partial charge in [-0.05, 0) is 56.7 Å². The molecule has 2 aliphatic rings. The summed E-state index contributed by atoms with van der Waals surface area (Å²) in [6.45, 7) is 3.50. The van der Waals surface area contributed by atoms with Gasteiger partial charge in [0.2, 0.25) is 5.91 Å². The maximum Gasteiger partial charge on any atom is 0.253 e. The molecule has 2 atom stereocenters. The van der Waals surface area contributed by atoms with Gasteiger partial charge in [-0.25, -0.2) is 0 Å². The van der Waals surface area contributed by atoms with Crippen molar-refractivity contribution in [2.45, 2.75) is 38.6 Å². The van der Waals surface area contributed by atoms with Crippen LogP contribution >= 0.6 is 12.4 Å². The van der Waals surface area contributed by atoms with E-state index in [0.29, 0.717) is 17.2 Å². The minimum atomic E-state index is 0. The molecular weight excluding hydrogens is 326 g/mol. The number of nitrogens with one attached hydrogen (secondary N) is 1. The zero-order valence-electron chi connectivity index (χ0n) is 14.0. The van der Waals surface area contributed by atoms with Gasteiger partial charge in [-0.2, -0.15) is 0 Å². The lowest BCUT2D eigenvalue weighted by molar-refractivity contribution is -0.117. The van der Waals surface area contributed by atoms with Gasteiger partial charge in [-0.15, -0.1) is 12.4 Å². The van der Waals surface area contributed by atoms with Crippen LogP contribution in [0.4, 0.5) is 5.69 Å². The molecule has 1 aliphatic heterocycles. The van der Waals surface area contributed by atoms with Crippen LogP contribution in [0, 0.1) is 11.8 Å². The summed E-state index contributed by atoms with van der Waals surface area (Å²) in [5.74, 6) is 0.608. The van der Waals surface area contributed by atoms with Gasteiger partial charge in [0, 0.05) is 36.3 Å². The first-order valence-corrected chi connectivity index (χ1v) is 8.50. The Hall–Kier alpha value is -1.59. The van der Waals surface area contributed by atoms with Crippen molar-refractivity contribution in [3.63, 3.8) is 0 Å². The number of piperidine rings is 1. The number of rotatable bonds is 4. The topological polar surface area (TPSA) is 75.4 Å². The fraction of sp³-hybridized carbons (Fsp3) is 0.556. The SMILES string of the molecule is CC(N)C1CCCN(C(=O)c2cccc(NC(=O)C3CC3)c2)C1.Cl. The molecule has 1 saturated heterocycles. The summed E-state index contributed by atoms with van der Waals surface area (Å²) in [5, 5.41) is 2.90. The van der Waals surface area contributed by atoms with Crippen molar-refractivity contribution in [1.82, 2.24) is 4.90 Å². The van der Waals surface area contributed by atoms with Crippen LogP contribution in [0.15, 0.2) is 24.3 Å². The van der Waals surface area contributed by atoms with Gasteiger partial charge in [0.1, 0.15) is 0 Å². The second-order valence-electron chi connectivity index (χ2n) is 6.86. The van der Waals surface area contributed by atoms with Gasteiger partial charge in [0.25, 0.3) is 5.91 Å². The van der Waals surface area contributed by atoms with Gasteiger partial charge >= 0.3 is 0 Å². The first-order valence-electron chi connectivity index (χ1n) is 8.50. The molecule has 3 N–H and O–H groups in total. The number of halogens is 1. The lowest BCUT2D eigenvalue weighted by Crippen LogP contribution is -2.45. The summed E-state index contributed by atoms with van der Waals surface area (Å²) in [5.41, 5.74) is 7.33. The van der Waals surface area contributed by atoms with Gasteiger partial charge in [0.05, 0.1) is 0 Å². The summed E-state index contributed by atoms with van der Waals surface area (Å²) in [6.07, 6.45) is 4.02. The molecule has 0 bridgehead atoms. The highest BCUT2D eigenvalue weighted by Gasteiger charge is 2.30. The van der Waals surface area contributed by atoms with Crippen molar-refractivity contribution in [2.24, 2.45) is 17.6 Å². The van der Waals surface area contributed by atoms with E-state index >= 15 is 0 Å². The van der Waals surface area contributed by atoms with E-state index in [2.05, 4.69) is 5.32 Å². The number of carbonyl (C=O) groups is 2. The molecule has 0 spiro atoms. The number of hydrogen-bond donors (Lipinski definition) is 2. The highest BCUT2D eigenvalue weighted by atomic mass is 35.5. The standard InChI is InChI=1S/C18H25N3O2.ClH/c1-12(19)15-5-3-9-21(11-15)18(23)14-4-2-6-16(10-14)20-17(22)13-7-8-13;/h2,4,6,10,12-13,15H,3,5,7-9,11,19H2,1H3,(H,20,22);1H. The molecule has 1 aromatic carbocycles. The Morgan fingerprint density at radius 2 is 2.04 bits per heavy atom. The summed E-state index contributed by atoms with van der Waals surface area (Å²) < 4.78 is 0. The number of nitrogens with two attached hydrogens (primary N) is 1. The predicted molar refractivity (Wildman–Crippen MR) is 97.3 cm³/mol. The second-order valence-corrected chi connectivity index (χ2v) is 6.86. The number of nitrogens with zero attached hydrogens (tertiary/aromatic N) is 1. The first-order chi connectivity index (χ1) is 11.0. The lowest BCUT2D eigenvalue weighted by atomic mass is 9.92. The lowest BCUT2D eigenvalue weighted by Gasteiger charge is -2.34. The van der Waals surface area contributed by atoms with Crippen molar-refractivity contribution in [2.75, 3.05) is 18.4 Å². The molecule has 0 aromatic heterocycles. The molecule has 6 heteroatoms. The Kier molecular flexibility index (Phi) is 6.24. The smallest absolute Gasteiger partial charge is 0.253 e. The second kappa shape index (κ2) is 7.99. The molecule has 24 heavy (non-hydrogen) atoms. The number of carbonyl (C=O) groups excluding carboxylic acids is 2. The van der Waals surface area contributed by atoms with Crippen LogP contribution < -0.4 is 11.1 Å². The molecule has 3 rings (SSSR count). The van der Waals surface area contributed by atoms with Crippen molar-refractivity contribution in [3.05, 3.63) is 29.8 Å². The van der Waals surface area contributed by atoms with Gasteiger partial charge in [-0.3, -0.25) is 9.59 Å². The van der Waals surface area contributed by atoms with E-state index < -0.39 is 0 Å². The summed E-state index contributed by atoms with van der Waals surface area (Å²) in [6, 6.07) is 7.35. The van der Waals surface area contributed by atoms with Crippen LogP contribution in [0.25, 0.3) is 0 Å². The summed E-state index contributed by atoms with van der Waals surface area (Å²) in [4.78, 5) is 26.5. The Morgan fingerprint density at radius 3 is 2.71 bits per heavy atom. The van der Waals surface area contributed by atoms with E-state index in [0.717, 1.165) is 38.8 Å². The maximum atomic E-state index is 12.7. The van der Waals surface area contributed by atoms with E-state index in [1.165, 1.54) is 0 Å². The van der Waals surface area contributed by atoms with Gasteiger partial charge < -0.3 is 16.0 Å². The highest BCUT2D eigenvalue weighted by molar-refractivity contribution is 5.98. The van der Waals surface area contributed by atoms with E-state index in [-0.39, 0.29) is 36.2 Å². The van der Waals surface area contributed by atoms with Crippen molar-refractivity contribution >= 4 is 29.9 Å². The van der Waals surface area contributed by atoms with Crippen LogP contribution in [-0.4, -0.2) is 35.8 Å². The molecule has 0 radical (unpaired) electrons. The highest BCUT2D eigenvalue weighted by Crippen LogP contribution is 2.30. The third-order valence-corrected chi connectivity index (χ3v) is 4.81. The zero-order chi connectivity index (χ0) is 16.4. The van der Waals surface area contributed by atoms with Crippen LogP contribution in [0.3, 0.4) is 0 Å². The van der Waals surface area contributed by atoms with Crippen molar-refractivity contribution in [1.29, 1.82) is 0 Å².